The quantitative estimate of drug-likeness (QED) is 0.0820. The second-order valence-electron chi connectivity index (χ2n) is 22.2. The van der Waals surface area contributed by atoms with Gasteiger partial charge in [0.25, 0.3) is 6.73 Å². The van der Waals surface area contributed by atoms with E-state index in [1.165, 1.54) is 17.8 Å². The van der Waals surface area contributed by atoms with Crippen molar-refractivity contribution in [2.45, 2.75) is 183 Å². The van der Waals surface area contributed by atoms with Crippen molar-refractivity contribution < 1.29 is 23.0 Å². The van der Waals surface area contributed by atoms with Crippen molar-refractivity contribution >= 4 is 32.8 Å². The highest BCUT2D eigenvalue weighted by Crippen LogP contribution is 2.39. The summed E-state index contributed by atoms with van der Waals surface area (Å²) >= 11 is 0. The minimum Gasteiger partial charge on any atom is -0.416 e. The molecule has 0 atom stereocenters. The van der Waals surface area contributed by atoms with Crippen molar-refractivity contribution in [3.63, 3.8) is 0 Å². The zero-order valence-electron chi connectivity index (χ0n) is 37.9. The second-order valence-corrected chi connectivity index (χ2v) is 43.1. The molecule has 0 aliphatic rings. The number of hydrogen-bond donors (Lipinski definition) is 1. The molecule has 0 fully saturated rings. The summed E-state index contributed by atoms with van der Waals surface area (Å²) < 4.78 is 28.6. The lowest BCUT2D eigenvalue weighted by atomic mass is 9.89. The summed E-state index contributed by atoms with van der Waals surface area (Å²) in [4.78, 5) is 0. The lowest BCUT2D eigenvalue weighted by molar-refractivity contribution is -0.787. The van der Waals surface area contributed by atoms with Crippen molar-refractivity contribution in [1.82, 2.24) is 14.9 Å². The third-order valence-corrected chi connectivity index (χ3v) is 22.9. The van der Waals surface area contributed by atoms with E-state index in [1.807, 2.05) is 17.1 Å². The van der Waals surface area contributed by atoms with Gasteiger partial charge >= 0.3 is 0 Å². The molecule has 0 bridgehead atoms. The summed E-state index contributed by atoms with van der Waals surface area (Å²) in [6.07, 6.45) is 5.92. The molecule has 0 saturated heterocycles. The Morgan fingerprint density at radius 3 is 1.58 bits per heavy atom. The molecule has 8 nitrogen and oxygen atoms in total. The maximum Gasteiger partial charge on any atom is 0.276 e. The van der Waals surface area contributed by atoms with Crippen molar-refractivity contribution in [1.29, 1.82) is 0 Å². The third kappa shape index (κ3) is 19.6. The van der Waals surface area contributed by atoms with Crippen LogP contribution in [-0.4, -0.2) is 74.1 Å². The largest absolute Gasteiger partial charge is 0.416 e. The van der Waals surface area contributed by atoms with Crippen molar-refractivity contribution in [2.75, 3.05) is 26.4 Å². The Kier molecular flexibility index (Phi) is 18.3. The molecule has 52 heavy (non-hydrogen) atoms. The van der Waals surface area contributed by atoms with Gasteiger partial charge in [-0.15, -0.1) is 0 Å². The minimum atomic E-state index is -1.71. The number of nitrogens with zero attached hydrogens (tertiary/aromatic N) is 3. The summed E-state index contributed by atoms with van der Waals surface area (Å²) in [5.41, 5.74) is 2.56. The normalized spacial score (nSPS) is 14.1. The monoisotopic (exact) mass is 798 g/mol. The van der Waals surface area contributed by atoms with Crippen molar-refractivity contribution in [3.8, 4) is 0 Å². The first-order valence-corrected chi connectivity index (χ1v) is 33.0. The topological polar surface area (TPSA) is 74.4 Å². The first-order chi connectivity index (χ1) is 23.2. The first-order valence-electron chi connectivity index (χ1n) is 19.8. The summed E-state index contributed by atoms with van der Waals surface area (Å²) in [6, 6.07) is 6.67. The van der Waals surface area contributed by atoms with Gasteiger partial charge in [0.2, 0.25) is 5.69 Å². The molecule has 304 valence electrons. The number of ether oxygens (including phenoxy) is 2. The predicted molar refractivity (Wildman–Crippen MR) is 233 cm³/mol. The molecular formula is C40H85N4O4Si4+. The van der Waals surface area contributed by atoms with Crippen LogP contribution in [0.1, 0.15) is 80.6 Å². The Morgan fingerprint density at radius 1 is 0.654 bits per heavy atom. The van der Waals surface area contributed by atoms with E-state index in [2.05, 4.69) is 162 Å². The Labute approximate surface area is 325 Å². The molecule has 2 aromatic heterocycles. The maximum absolute atomic E-state index is 6.48. The van der Waals surface area contributed by atoms with Crippen LogP contribution in [-0.2, 0) is 44.6 Å². The zero-order valence-corrected chi connectivity index (χ0v) is 41.9. The smallest absolute Gasteiger partial charge is 0.276 e. The van der Waals surface area contributed by atoms with Crippen LogP contribution in [0.4, 0.5) is 0 Å². The highest BCUT2D eigenvalue weighted by molar-refractivity contribution is 6.76. The number of nitrogens with one attached hydrogen (secondary N) is 1. The van der Waals surface area contributed by atoms with Crippen LogP contribution < -0.4 is 4.68 Å². The molecule has 0 saturated carbocycles. The number of hydrogen-bond acceptors (Lipinski definition) is 5. The van der Waals surface area contributed by atoms with Crippen LogP contribution >= 0.6 is 0 Å². The van der Waals surface area contributed by atoms with E-state index in [9.17, 15) is 0 Å². The Balaban J connectivity index is 0.000000520. The van der Waals surface area contributed by atoms with Crippen LogP contribution in [0.15, 0.2) is 24.5 Å². The fourth-order valence-corrected chi connectivity index (χ4v) is 8.46. The number of aromatic nitrogens is 4. The molecule has 12 heteroatoms. The number of H-pyrrole nitrogens is 1. The third-order valence-electron chi connectivity index (χ3n) is 10.6. The number of rotatable bonds is 20. The standard InChI is InChI=1S/2C20H42N2O2Si2/c1-19(2,3)26(9,10)24-16-20(4,5)15-18-11-12-22(21-18)17-23-13-14-25(6,7)8;1-19(2,3)26(9,10)24-16-20(4,5)15-18-11-12-21-22(18)17-23-13-14-25(6,7)8/h2*11-12H,13-17H2,1-10H3/p+1. The molecule has 2 heterocycles. The molecule has 0 aliphatic heterocycles. The summed E-state index contributed by atoms with van der Waals surface area (Å²) in [7, 11) is -5.47. The van der Waals surface area contributed by atoms with E-state index >= 15 is 0 Å². The van der Waals surface area contributed by atoms with E-state index in [-0.39, 0.29) is 20.9 Å². The van der Waals surface area contributed by atoms with Gasteiger partial charge in [0.1, 0.15) is 6.73 Å². The summed E-state index contributed by atoms with van der Waals surface area (Å²) in [5, 5.41) is 8.47. The molecule has 0 aliphatic carbocycles. The van der Waals surface area contributed by atoms with Crippen LogP contribution in [0.2, 0.25) is 87.6 Å². The first kappa shape index (κ1) is 49.1. The molecule has 1 N–H and O–H groups in total. The van der Waals surface area contributed by atoms with E-state index in [0.717, 1.165) is 45.0 Å². The average molecular weight is 798 g/mol. The van der Waals surface area contributed by atoms with E-state index < -0.39 is 32.8 Å². The Morgan fingerprint density at radius 2 is 1.12 bits per heavy atom. The lowest BCUT2D eigenvalue weighted by Crippen LogP contribution is -2.45. The van der Waals surface area contributed by atoms with Gasteiger partial charge in [0.15, 0.2) is 16.6 Å². The molecule has 0 radical (unpaired) electrons. The van der Waals surface area contributed by atoms with Gasteiger partial charge < -0.3 is 18.3 Å². The second kappa shape index (κ2) is 19.3. The predicted octanol–water partition coefficient (Wildman–Crippen LogP) is 11.0. The van der Waals surface area contributed by atoms with Gasteiger partial charge in [0.05, 0.1) is 18.5 Å². The Bertz CT molecular complexity index is 1310. The van der Waals surface area contributed by atoms with E-state index in [1.54, 1.807) is 0 Å². The lowest BCUT2D eigenvalue weighted by Gasteiger charge is -2.39. The zero-order chi connectivity index (χ0) is 40.5. The van der Waals surface area contributed by atoms with Crippen LogP contribution in [0.25, 0.3) is 0 Å². The number of aromatic amines is 1. The van der Waals surface area contributed by atoms with E-state index in [0.29, 0.717) is 13.5 Å². The molecule has 2 aromatic rings. The van der Waals surface area contributed by atoms with Crippen molar-refractivity contribution in [3.05, 3.63) is 35.9 Å². The SMILES string of the molecule is CC(C)(CO[Si](C)(C)C(C)(C)C)Cc1cc[nH][n+]1COCC[Si](C)(C)C.CC(C)(CO[Si](C)(C)C(C)(C)C)Cc1ccn(COCC[Si](C)(C)C)n1. The van der Waals surface area contributed by atoms with Gasteiger partial charge in [-0.25, -0.2) is 4.68 Å². The average Bonchev–Trinajstić information content (AvgIpc) is 3.58. The van der Waals surface area contributed by atoms with Gasteiger partial charge in [-0.1, -0.05) is 113 Å². The molecule has 2 rings (SSSR count). The minimum absolute atomic E-state index is 0.0768. The van der Waals surface area contributed by atoms with Gasteiger partial charge in [0, 0.05) is 54.7 Å². The summed E-state index contributed by atoms with van der Waals surface area (Å²) in [6.45, 7) is 50.8. The maximum atomic E-state index is 6.48. The molecular weight excluding hydrogens is 713 g/mol. The fourth-order valence-electron chi connectivity index (χ4n) is 4.58. The van der Waals surface area contributed by atoms with Crippen LogP contribution in [0, 0.1) is 10.8 Å². The molecule has 0 amide bonds. The highest BCUT2D eigenvalue weighted by Gasteiger charge is 2.40. The van der Waals surface area contributed by atoms with E-state index in [4.69, 9.17) is 18.3 Å². The summed E-state index contributed by atoms with van der Waals surface area (Å²) in [5.74, 6) is 0. The Hall–Kier alpha value is -0.872. The van der Waals surface area contributed by atoms with Crippen molar-refractivity contribution in [2.24, 2.45) is 10.8 Å². The van der Waals surface area contributed by atoms with Gasteiger partial charge in [-0.3, -0.25) is 0 Å². The fraction of sp³-hybridized carbons (Fsp3) is 0.850. The van der Waals surface area contributed by atoms with Crippen LogP contribution in [0.3, 0.4) is 0 Å². The van der Waals surface area contributed by atoms with Crippen LogP contribution in [0.5, 0.6) is 0 Å². The van der Waals surface area contributed by atoms with Gasteiger partial charge in [-0.05, 0) is 71.7 Å². The molecule has 0 aromatic carbocycles. The van der Waals surface area contributed by atoms with Gasteiger partial charge in [-0.2, -0.15) is 10.2 Å². The molecule has 0 unspecified atom stereocenters. The highest BCUT2D eigenvalue weighted by atomic mass is 28.4. The molecule has 0 spiro atoms.